The van der Waals surface area contributed by atoms with Crippen molar-refractivity contribution >= 4 is 11.8 Å². The third-order valence-electron chi connectivity index (χ3n) is 3.74. The summed E-state index contributed by atoms with van der Waals surface area (Å²) >= 11 is 0. The molecule has 3 rings (SSSR count). The molecule has 0 aliphatic carbocycles. The van der Waals surface area contributed by atoms with Gasteiger partial charge in [-0.1, -0.05) is 12.1 Å². The van der Waals surface area contributed by atoms with E-state index in [0.717, 1.165) is 0 Å². The van der Waals surface area contributed by atoms with Crippen LogP contribution in [-0.2, 0) is 4.79 Å². The number of furan rings is 1. The van der Waals surface area contributed by atoms with E-state index in [4.69, 9.17) is 9.15 Å². The molecule has 1 aromatic carbocycles. The second-order valence-corrected chi connectivity index (χ2v) is 5.30. The van der Waals surface area contributed by atoms with Crippen LogP contribution in [0.2, 0.25) is 0 Å². The van der Waals surface area contributed by atoms with Gasteiger partial charge in [-0.05, 0) is 30.7 Å². The number of ether oxygens (including phenoxy) is 1. The van der Waals surface area contributed by atoms with Crippen molar-refractivity contribution in [3.63, 3.8) is 0 Å². The molecule has 0 saturated carbocycles. The zero-order valence-corrected chi connectivity index (χ0v) is 13.1. The van der Waals surface area contributed by atoms with E-state index in [1.165, 1.54) is 35.2 Å². The molecule has 1 N–H and O–H groups in total. The number of carbonyl (C=O) groups excluding carboxylic acids is 2. The summed E-state index contributed by atoms with van der Waals surface area (Å²) in [6, 6.07) is 7.78. The Morgan fingerprint density at radius 2 is 2.08 bits per heavy atom. The van der Waals surface area contributed by atoms with Crippen molar-refractivity contribution in [2.24, 2.45) is 0 Å². The van der Waals surface area contributed by atoms with E-state index in [1.54, 1.807) is 6.07 Å². The number of hydrogen-bond acceptors (Lipinski definition) is 4. The lowest BCUT2D eigenvalue weighted by molar-refractivity contribution is -0.128. The molecule has 2 amide bonds. The third kappa shape index (κ3) is 3.10. The van der Waals surface area contributed by atoms with Gasteiger partial charge in [0.05, 0.1) is 6.61 Å². The molecule has 24 heavy (non-hydrogen) atoms. The Kier molecular flexibility index (Phi) is 4.50. The lowest BCUT2D eigenvalue weighted by atomic mass is 10.0. The second-order valence-electron chi connectivity index (χ2n) is 5.30. The van der Waals surface area contributed by atoms with E-state index in [0.29, 0.717) is 25.3 Å². The Hall–Kier alpha value is -2.83. The van der Waals surface area contributed by atoms with Gasteiger partial charge in [-0.2, -0.15) is 0 Å². The molecule has 1 unspecified atom stereocenters. The molecule has 2 aromatic rings. The van der Waals surface area contributed by atoms with Crippen molar-refractivity contribution in [3.05, 3.63) is 53.5 Å². The molecule has 0 bridgehead atoms. The minimum atomic E-state index is -0.826. The average molecular weight is 332 g/mol. The molecule has 6 nitrogen and oxygen atoms in total. The fourth-order valence-corrected chi connectivity index (χ4v) is 2.66. The summed E-state index contributed by atoms with van der Waals surface area (Å²) in [6.45, 7) is 2.91. The van der Waals surface area contributed by atoms with Crippen LogP contribution in [0.25, 0.3) is 0 Å². The zero-order valence-electron chi connectivity index (χ0n) is 13.1. The molecular weight excluding hydrogens is 315 g/mol. The van der Waals surface area contributed by atoms with Crippen molar-refractivity contribution in [2.75, 3.05) is 19.7 Å². The molecule has 7 heteroatoms. The second kappa shape index (κ2) is 6.74. The molecule has 1 aliphatic rings. The highest BCUT2D eigenvalue weighted by Crippen LogP contribution is 2.27. The topological polar surface area (TPSA) is 71.8 Å². The lowest BCUT2D eigenvalue weighted by Gasteiger charge is -2.34. The van der Waals surface area contributed by atoms with E-state index in [1.807, 2.05) is 6.92 Å². The van der Waals surface area contributed by atoms with E-state index < -0.39 is 17.8 Å². The fourth-order valence-electron chi connectivity index (χ4n) is 2.66. The number of hydrogen-bond donors (Lipinski definition) is 1. The van der Waals surface area contributed by atoms with Gasteiger partial charge in [0.15, 0.2) is 5.76 Å². The summed E-state index contributed by atoms with van der Waals surface area (Å²) in [5, 5.41) is 2.73. The number of benzene rings is 1. The highest BCUT2D eigenvalue weighted by Gasteiger charge is 2.36. The first-order chi connectivity index (χ1) is 11.6. The standard InChI is InChI=1S/C17H17FN2O4/c1-2-23-14-8-7-13(24-14)17(22)20-10-9-19-16(21)15(20)11-3-5-12(18)6-4-11/h3-8,15H,2,9-10H2,1H3,(H,19,21). The average Bonchev–Trinajstić information content (AvgIpc) is 3.04. The van der Waals surface area contributed by atoms with Crippen LogP contribution in [0.3, 0.4) is 0 Å². The minimum Gasteiger partial charge on any atom is -0.465 e. The van der Waals surface area contributed by atoms with Gasteiger partial charge in [0.1, 0.15) is 11.9 Å². The predicted molar refractivity (Wildman–Crippen MR) is 83.1 cm³/mol. The first-order valence-electron chi connectivity index (χ1n) is 7.67. The number of amides is 2. The summed E-state index contributed by atoms with van der Waals surface area (Å²) in [6.07, 6.45) is 0. The molecule has 1 aromatic heterocycles. The Balaban J connectivity index is 1.89. The predicted octanol–water partition coefficient (Wildman–Crippen LogP) is 2.13. The third-order valence-corrected chi connectivity index (χ3v) is 3.74. The first kappa shape index (κ1) is 16.0. The van der Waals surface area contributed by atoms with Crippen LogP contribution >= 0.6 is 0 Å². The van der Waals surface area contributed by atoms with E-state index in [9.17, 15) is 14.0 Å². The molecule has 2 heterocycles. The van der Waals surface area contributed by atoms with Crippen LogP contribution in [0.4, 0.5) is 4.39 Å². The van der Waals surface area contributed by atoms with Gasteiger partial charge < -0.3 is 19.4 Å². The summed E-state index contributed by atoms with van der Waals surface area (Å²) < 4.78 is 23.7. The minimum absolute atomic E-state index is 0.0975. The van der Waals surface area contributed by atoms with Gasteiger partial charge >= 0.3 is 0 Å². The highest BCUT2D eigenvalue weighted by molar-refractivity contribution is 5.96. The van der Waals surface area contributed by atoms with E-state index in [-0.39, 0.29) is 17.6 Å². The lowest BCUT2D eigenvalue weighted by Crippen LogP contribution is -2.52. The molecule has 1 atom stereocenters. The molecular formula is C17H17FN2O4. The monoisotopic (exact) mass is 332 g/mol. The van der Waals surface area contributed by atoms with Crippen molar-refractivity contribution in [2.45, 2.75) is 13.0 Å². The Bertz CT molecular complexity index is 741. The number of carbonyl (C=O) groups is 2. The van der Waals surface area contributed by atoms with Crippen molar-refractivity contribution in [1.82, 2.24) is 10.2 Å². The van der Waals surface area contributed by atoms with Crippen LogP contribution in [-0.4, -0.2) is 36.4 Å². The van der Waals surface area contributed by atoms with Gasteiger partial charge in [0.25, 0.3) is 11.9 Å². The molecule has 1 aliphatic heterocycles. The maximum absolute atomic E-state index is 13.1. The van der Waals surface area contributed by atoms with Gasteiger partial charge in [-0.25, -0.2) is 4.39 Å². The van der Waals surface area contributed by atoms with Gasteiger partial charge in [0, 0.05) is 19.2 Å². The normalized spacial score (nSPS) is 17.5. The summed E-state index contributed by atoms with van der Waals surface area (Å²) in [5.41, 5.74) is 0.540. The van der Waals surface area contributed by atoms with Crippen LogP contribution in [0.15, 0.2) is 40.8 Å². The quantitative estimate of drug-likeness (QED) is 0.931. The van der Waals surface area contributed by atoms with Crippen LogP contribution in [0.1, 0.15) is 29.1 Å². The number of nitrogens with zero attached hydrogens (tertiary/aromatic N) is 1. The summed E-state index contributed by atoms with van der Waals surface area (Å²) in [5.74, 6) is -0.774. The number of nitrogens with one attached hydrogen (secondary N) is 1. The van der Waals surface area contributed by atoms with Crippen LogP contribution < -0.4 is 10.1 Å². The smallest absolute Gasteiger partial charge is 0.290 e. The van der Waals surface area contributed by atoms with Crippen LogP contribution in [0.5, 0.6) is 5.95 Å². The molecule has 0 radical (unpaired) electrons. The molecule has 1 saturated heterocycles. The number of halogens is 1. The molecule has 1 fully saturated rings. The van der Waals surface area contributed by atoms with E-state index >= 15 is 0 Å². The van der Waals surface area contributed by atoms with Crippen molar-refractivity contribution < 1.29 is 23.1 Å². The summed E-state index contributed by atoms with van der Waals surface area (Å²) in [4.78, 5) is 26.4. The van der Waals surface area contributed by atoms with Gasteiger partial charge in [-0.3, -0.25) is 9.59 Å². The largest absolute Gasteiger partial charge is 0.465 e. The van der Waals surface area contributed by atoms with Gasteiger partial charge in [-0.15, -0.1) is 0 Å². The first-order valence-corrected chi connectivity index (χ1v) is 7.67. The zero-order chi connectivity index (χ0) is 17.1. The maximum atomic E-state index is 13.1. The molecule has 0 spiro atoms. The maximum Gasteiger partial charge on any atom is 0.290 e. The summed E-state index contributed by atoms with van der Waals surface area (Å²) in [7, 11) is 0. The fraction of sp³-hybridized carbons (Fsp3) is 0.294. The number of rotatable bonds is 4. The van der Waals surface area contributed by atoms with Crippen molar-refractivity contribution in [3.8, 4) is 5.95 Å². The van der Waals surface area contributed by atoms with Gasteiger partial charge in [0.2, 0.25) is 5.91 Å². The SMILES string of the molecule is CCOc1ccc(C(=O)N2CCNC(=O)C2c2ccc(F)cc2)o1. The Labute approximate surface area is 138 Å². The Morgan fingerprint density at radius 1 is 1.33 bits per heavy atom. The highest BCUT2D eigenvalue weighted by atomic mass is 19.1. The van der Waals surface area contributed by atoms with E-state index in [2.05, 4.69) is 5.32 Å². The van der Waals surface area contributed by atoms with Crippen molar-refractivity contribution in [1.29, 1.82) is 0 Å². The molecule has 126 valence electrons. The number of piperazine rings is 1. The Morgan fingerprint density at radius 3 is 2.79 bits per heavy atom. The van der Waals surface area contributed by atoms with Crippen LogP contribution in [0, 0.1) is 5.82 Å².